The van der Waals surface area contributed by atoms with Crippen molar-refractivity contribution in [2.75, 3.05) is 31.2 Å². The number of likely N-dealkylation sites (N-methyl/N-ethyl adjacent to an activating group) is 1. The van der Waals surface area contributed by atoms with E-state index >= 15 is 0 Å². The third kappa shape index (κ3) is 5.09. The molecule has 0 heterocycles. The topological polar surface area (TPSA) is 102 Å². The maximum absolute atomic E-state index is 12.2. The lowest BCUT2D eigenvalue weighted by atomic mass is 10.1. The SMILES string of the molecule is Cc1cccc(C(=O)OCC(=O)N(C)CC(=O)Nc2c(C)cccc2C)c1N. The average molecular weight is 383 g/mol. The fraction of sp³-hybridized carbons (Fsp3) is 0.286. The summed E-state index contributed by atoms with van der Waals surface area (Å²) in [5.74, 6) is -1.50. The standard InChI is InChI=1S/C21H25N3O4/c1-13-7-6-10-16(19(13)22)21(27)28-12-18(26)24(4)11-17(25)23-20-14(2)8-5-9-15(20)3/h5-10H,11-12,22H2,1-4H3,(H,23,25). The second kappa shape index (κ2) is 9.03. The molecule has 7 nitrogen and oxygen atoms in total. The maximum atomic E-state index is 12.2. The van der Waals surface area contributed by atoms with Crippen molar-refractivity contribution in [3.8, 4) is 0 Å². The predicted molar refractivity (Wildman–Crippen MR) is 108 cm³/mol. The van der Waals surface area contributed by atoms with Crippen LogP contribution in [-0.4, -0.2) is 42.9 Å². The van der Waals surface area contributed by atoms with Crippen LogP contribution in [0.15, 0.2) is 36.4 Å². The molecule has 0 fully saturated rings. The van der Waals surface area contributed by atoms with Gasteiger partial charge in [-0.3, -0.25) is 9.59 Å². The smallest absolute Gasteiger partial charge is 0.340 e. The Morgan fingerprint density at radius 3 is 2.21 bits per heavy atom. The van der Waals surface area contributed by atoms with Crippen molar-refractivity contribution in [2.45, 2.75) is 20.8 Å². The molecule has 0 aliphatic heterocycles. The van der Waals surface area contributed by atoms with E-state index in [9.17, 15) is 14.4 Å². The van der Waals surface area contributed by atoms with Gasteiger partial charge in [0.05, 0.1) is 12.1 Å². The van der Waals surface area contributed by atoms with Gasteiger partial charge in [0.1, 0.15) is 0 Å². The molecule has 0 unspecified atom stereocenters. The minimum Gasteiger partial charge on any atom is -0.452 e. The van der Waals surface area contributed by atoms with E-state index in [1.165, 1.54) is 18.0 Å². The molecule has 0 atom stereocenters. The van der Waals surface area contributed by atoms with Crippen LogP contribution in [0.4, 0.5) is 11.4 Å². The molecule has 0 saturated heterocycles. The first-order valence-corrected chi connectivity index (χ1v) is 8.83. The number of amides is 2. The number of nitrogens with zero attached hydrogens (tertiary/aromatic N) is 1. The van der Waals surface area contributed by atoms with Crippen molar-refractivity contribution < 1.29 is 19.1 Å². The minimum atomic E-state index is -0.678. The normalized spacial score (nSPS) is 10.3. The van der Waals surface area contributed by atoms with Gasteiger partial charge in [-0.15, -0.1) is 0 Å². The van der Waals surface area contributed by atoms with Gasteiger partial charge in [0.25, 0.3) is 5.91 Å². The summed E-state index contributed by atoms with van der Waals surface area (Å²) in [5, 5.41) is 2.81. The molecule has 2 amide bonds. The summed E-state index contributed by atoms with van der Waals surface area (Å²) in [7, 11) is 1.47. The number of carbonyl (C=O) groups is 3. The molecule has 0 aromatic heterocycles. The summed E-state index contributed by atoms with van der Waals surface area (Å²) in [6.45, 7) is 4.94. The van der Waals surface area contributed by atoms with Gasteiger partial charge in [-0.05, 0) is 43.5 Å². The van der Waals surface area contributed by atoms with E-state index in [2.05, 4.69) is 5.32 Å². The Balaban J connectivity index is 1.89. The highest BCUT2D eigenvalue weighted by atomic mass is 16.5. The number of ether oxygens (including phenoxy) is 1. The predicted octanol–water partition coefficient (Wildman–Crippen LogP) is 2.45. The summed E-state index contributed by atoms with van der Waals surface area (Å²) in [6, 6.07) is 10.7. The van der Waals surface area contributed by atoms with Crippen LogP contribution in [0.25, 0.3) is 0 Å². The number of benzene rings is 2. The highest BCUT2D eigenvalue weighted by Crippen LogP contribution is 2.19. The van der Waals surface area contributed by atoms with Crippen molar-refractivity contribution in [3.63, 3.8) is 0 Å². The molecule has 28 heavy (non-hydrogen) atoms. The molecule has 148 valence electrons. The van der Waals surface area contributed by atoms with Gasteiger partial charge in [-0.2, -0.15) is 0 Å². The number of rotatable bonds is 6. The summed E-state index contributed by atoms with van der Waals surface area (Å²) in [5.41, 5.74) is 9.75. The summed E-state index contributed by atoms with van der Waals surface area (Å²) >= 11 is 0. The molecule has 2 aromatic rings. The Hall–Kier alpha value is -3.35. The monoisotopic (exact) mass is 383 g/mol. The van der Waals surface area contributed by atoms with Gasteiger partial charge < -0.3 is 20.7 Å². The fourth-order valence-corrected chi connectivity index (χ4v) is 2.67. The van der Waals surface area contributed by atoms with Crippen LogP contribution in [0, 0.1) is 20.8 Å². The maximum Gasteiger partial charge on any atom is 0.340 e. The van der Waals surface area contributed by atoms with Gasteiger partial charge in [-0.1, -0.05) is 30.3 Å². The zero-order chi connectivity index (χ0) is 20.8. The number of aryl methyl sites for hydroxylation is 3. The molecule has 0 aliphatic rings. The lowest BCUT2D eigenvalue weighted by Crippen LogP contribution is -2.37. The second-order valence-electron chi connectivity index (χ2n) is 6.68. The van der Waals surface area contributed by atoms with Crippen LogP contribution in [-0.2, 0) is 14.3 Å². The number of carbonyl (C=O) groups excluding carboxylic acids is 3. The van der Waals surface area contributed by atoms with Crippen LogP contribution in [0.3, 0.4) is 0 Å². The highest BCUT2D eigenvalue weighted by molar-refractivity contribution is 5.98. The third-order valence-electron chi connectivity index (χ3n) is 4.42. The summed E-state index contributed by atoms with van der Waals surface area (Å²) in [6.07, 6.45) is 0. The lowest BCUT2D eigenvalue weighted by molar-refractivity contribution is -0.136. The number of nitrogens with two attached hydrogens (primary N) is 1. The van der Waals surface area contributed by atoms with Crippen LogP contribution in [0.1, 0.15) is 27.0 Å². The lowest BCUT2D eigenvalue weighted by Gasteiger charge is -2.18. The van der Waals surface area contributed by atoms with Crippen molar-refractivity contribution in [3.05, 3.63) is 58.7 Å². The van der Waals surface area contributed by atoms with Gasteiger partial charge in [0.2, 0.25) is 5.91 Å². The largest absolute Gasteiger partial charge is 0.452 e. The van der Waals surface area contributed by atoms with E-state index in [0.717, 1.165) is 22.4 Å². The number of hydrogen-bond donors (Lipinski definition) is 2. The van der Waals surface area contributed by atoms with Gasteiger partial charge in [-0.25, -0.2) is 4.79 Å². The molecule has 0 radical (unpaired) electrons. The minimum absolute atomic E-state index is 0.156. The van der Waals surface area contributed by atoms with Gasteiger partial charge in [0.15, 0.2) is 6.61 Å². The zero-order valence-corrected chi connectivity index (χ0v) is 16.5. The third-order valence-corrected chi connectivity index (χ3v) is 4.42. The van der Waals surface area contributed by atoms with Crippen molar-refractivity contribution in [1.29, 1.82) is 0 Å². The van der Waals surface area contributed by atoms with E-state index in [4.69, 9.17) is 10.5 Å². The van der Waals surface area contributed by atoms with Crippen molar-refractivity contribution in [2.24, 2.45) is 0 Å². The Labute approximate surface area is 164 Å². The van der Waals surface area contributed by atoms with Crippen LogP contribution < -0.4 is 11.1 Å². The molecular weight excluding hydrogens is 358 g/mol. The molecule has 7 heteroatoms. The number of nitrogen functional groups attached to an aromatic ring is 1. The number of nitrogens with one attached hydrogen (secondary N) is 1. The first-order valence-electron chi connectivity index (χ1n) is 8.83. The first kappa shape index (κ1) is 21.0. The zero-order valence-electron chi connectivity index (χ0n) is 16.5. The first-order chi connectivity index (χ1) is 13.2. The van der Waals surface area contributed by atoms with E-state index in [0.29, 0.717) is 5.69 Å². The van der Waals surface area contributed by atoms with Crippen molar-refractivity contribution >= 4 is 29.2 Å². The molecule has 2 aromatic carbocycles. The van der Waals surface area contributed by atoms with Crippen LogP contribution in [0.2, 0.25) is 0 Å². The number of para-hydroxylation sites is 2. The quantitative estimate of drug-likeness (QED) is 0.589. The van der Waals surface area contributed by atoms with Crippen LogP contribution in [0.5, 0.6) is 0 Å². The van der Waals surface area contributed by atoms with E-state index in [1.807, 2.05) is 32.0 Å². The summed E-state index contributed by atoms with van der Waals surface area (Å²) < 4.78 is 5.04. The Bertz CT molecular complexity index is 888. The highest BCUT2D eigenvalue weighted by Gasteiger charge is 2.18. The van der Waals surface area contributed by atoms with E-state index < -0.39 is 18.5 Å². The van der Waals surface area contributed by atoms with Crippen molar-refractivity contribution in [1.82, 2.24) is 4.90 Å². The Kier molecular flexibility index (Phi) is 6.76. The average Bonchev–Trinajstić information content (AvgIpc) is 2.64. The molecular formula is C21H25N3O4. The van der Waals surface area contributed by atoms with Gasteiger partial charge in [0, 0.05) is 18.4 Å². The Morgan fingerprint density at radius 2 is 1.57 bits per heavy atom. The van der Waals surface area contributed by atoms with Crippen LogP contribution >= 0.6 is 0 Å². The molecule has 0 saturated carbocycles. The van der Waals surface area contributed by atoms with E-state index in [-0.39, 0.29) is 18.0 Å². The van der Waals surface area contributed by atoms with E-state index in [1.54, 1.807) is 19.1 Å². The van der Waals surface area contributed by atoms with Gasteiger partial charge >= 0.3 is 5.97 Å². The second-order valence-corrected chi connectivity index (χ2v) is 6.68. The Morgan fingerprint density at radius 1 is 1.00 bits per heavy atom. The fourth-order valence-electron chi connectivity index (χ4n) is 2.67. The molecule has 2 rings (SSSR count). The molecule has 0 aliphatic carbocycles. The molecule has 0 bridgehead atoms. The number of hydrogen-bond acceptors (Lipinski definition) is 5. The summed E-state index contributed by atoms with van der Waals surface area (Å²) in [4.78, 5) is 37.8. The molecule has 3 N–H and O–H groups in total. The molecule has 0 spiro atoms. The number of esters is 1. The number of anilines is 2.